The van der Waals surface area contributed by atoms with Crippen LogP contribution in [0.15, 0.2) is 60.8 Å². The second-order valence-corrected chi connectivity index (χ2v) is 8.07. The summed E-state index contributed by atoms with van der Waals surface area (Å²) < 4.78 is 12.2. The van der Waals surface area contributed by atoms with E-state index in [-0.39, 0.29) is 22.6 Å². The number of rotatable bonds is 6. The van der Waals surface area contributed by atoms with Crippen molar-refractivity contribution >= 4 is 11.8 Å². The molecular weight excluding hydrogens is 380 g/mol. The van der Waals surface area contributed by atoms with E-state index in [9.17, 15) is 9.59 Å². The second kappa shape index (κ2) is 8.53. The van der Waals surface area contributed by atoms with Crippen LogP contribution in [-0.2, 0) is 10.2 Å². The Morgan fingerprint density at radius 2 is 1.63 bits per heavy atom. The van der Waals surface area contributed by atoms with Crippen molar-refractivity contribution in [1.82, 2.24) is 9.78 Å². The molecule has 3 aromatic rings. The van der Waals surface area contributed by atoms with E-state index in [1.54, 1.807) is 25.3 Å². The van der Waals surface area contributed by atoms with E-state index in [4.69, 9.17) is 9.47 Å². The van der Waals surface area contributed by atoms with Gasteiger partial charge in [0.2, 0.25) is 11.5 Å². The first-order valence-corrected chi connectivity index (χ1v) is 9.75. The number of esters is 1. The zero-order valence-electron chi connectivity index (χ0n) is 17.9. The summed E-state index contributed by atoms with van der Waals surface area (Å²) in [5, 5.41) is 4.28. The number of aromatic nitrogens is 2. The molecule has 0 amide bonds. The summed E-state index contributed by atoms with van der Waals surface area (Å²) in [6.07, 6.45) is 0.647. The zero-order chi connectivity index (χ0) is 21.9. The Morgan fingerprint density at radius 3 is 2.20 bits per heavy atom. The van der Waals surface area contributed by atoms with Crippen molar-refractivity contribution in [2.45, 2.75) is 39.2 Å². The normalized spacial score (nSPS) is 12.3. The Balaban J connectivity index is 1.75. The fourth-order valence-electron chi connectivity index (χ4n) is 3.00. The van der Waals surface area contributed by atoms with E-state index in [0.29, 0.717) is 5.56 Å². The Hall–Kier alpha value is -3.41. The number of nitrogens with zero attached hydrogens (tertiary/aromatic N) is 2. The van der Waals surface area contributed by atoms with Gasteiger partial charge in [0.1, 0.15) is 0 Å². The molecule has 0 aliphatic rings. The summed E-state index contributed by atoms with van der Waals surface area (Å²) in [7, 11) is 1.45. The molecule has 0 aliphatic heterocycles. The molecule has 0 fully saturated rings. The molecule has 0 spiro atoms. The van der Waals surface area contributed by atoms with Crippen LogP contribution in [0, 0.1) is 0 Å². The van der Waals surface area contributed by atoms with Gasteiger partial charge in [-0.2, -0.15) is 5.10 Å². The van der Waals surface area contributed by atoms with E-state index in [1.165, 1.54) is 11.8 Å². The van der Waals surface area contributed by atoms with Crippen LogP contribution in [0.3, 0.4) is 0 Å². The highest BCUT2D eigenvalue weighted by Crippen LogP contribution is 2.24. The lowest BCUT2D eigenvalue weighted by molar-refractivity contribution is 0.0309. The van der Waals surface area contributed by atoms with Crippen molar-refractivity contribution in [2.75, 3.05) is 7.11 Å². The number of carbonyl (C=O) groups is 2. The summed E-state index contributed by atoms with van der Waals surface area (Å²) >= 11 is 0. The van der Waals surface area contributed by atoms with Crippen molar-refractivity contribution < 1.29 is 19.1 Å². The SMILES string of the molecule is COc1cn(-c2ccccc2)nc1C(=O)O[C@H](C)C(=O)c1ccc(C(C)(C)C)cc1. The Morgan fingerprint density at radius 1 is 1.00 bits per heavy atom. The number of ether oxygens (including phenoxy) is 2. The second-order valence-electron chi connectivity index (χ2n) is 8.07. The van der Waals surface area contributed by atoms with Gasteiger partial charge in [0.05, 0.1) is 19.0 Å². The number of Topliss-reactive ketones (excluding diaryl/α,β-unsaturated/α-hetero) is 1. The summed E-state index contributed by atoms with van der Waals surface area (Å²) in [5.74, 6) is -0.711. The van der Waals surface area contributed by atoms with E-state index in [1.807, 2.05) is 42.5 Å². The number of ketones is 1. The molecule has 6 nitrogen and oxygen atoms in total. The van der Waals surface area contributed by atoms with Crippen LogP contribution in [-0.4, -0.2) is 34.7 Å². The minimum absolute atomic E-state index is 0.00616. The molecule has 30 heavy (non-hydrogen) atoms. The molecule has 3 rings (SSSR count). The zero-order valence-corrected chi connectivity index (χ0v) is 17.9. The average molecular weight is 406 g/mol. The molecule has 0 aliphatic carbocycles. The van der Waals surface area contributed by atoms with E-state index in [0.717, 1.165) is 11.3 Å². The topological polar surface area (TPSA) is 70.4 Å². The third kappa shape index (κ3) is 4.59. The molecule has 2 aromatic carbocycles. The highest BCUT2D eigenvalue weighted by molar-refractivity contribution is 6.01. The van der Waals surface area contributed by atoms with Crippen molar-refractivity contribution in [3.05, 3.63) is 77.6 Å². The van der Waals surface area contributed by atoms with Gasteiger partial charge in [0.15, 0.2) is 11.9 Å². The summed E-state index contributed by atoms with van der Waals surface area (Å²) in [6.45, 7) is 7.88. The Labute approximate surface area is 176 Å². The minimum Gasteiger partial charge on any atom is -0.493 e. The summed E-state index contributed by atoms with van der Waals surface area (Å²) in [5.41, 5.74) is 2.40. The number of para-hydroxylation sites is 1. The van der Waals surface area contributed by atoms with Crippen LogP contribution in [0.2, 0.25) is 0 Å². The highest BCUT2D eigenvalue weighted by atomic mass is 16.5. The van der Waals surface area contributed by atoms with Crippen molar-refractivity contribution in [1.29, 1.82) is 0 Å². The molecule has 0 saturated heterocycles. The third-order valence-electron chi connectivity index (χ3n) is 4.80. The highest BCUT2D eigenvalue weighted by Gasteiger charge is 2.26. The Kier molecular flexibility index (Phi) is 6.06. The number of methoxy groups -OCH3 is 1. The molecule has 0 radical (unpaired) electrons. The van der Waals surface area contributed by atoms with Gasteiger partial charge in [-0.1, -0.05) is 63.2 Å². The van der Waals surface area contributed by atoms with Crippen LogP contribution in [0.25, 0.3) is 5.69 Å². The van der Waals surface area contributed by atoms with Gasteiger partial charge in [-0.25, -0.2) is 9.48 Å². The first kappa shape index (κ1) is 21.3. The lowest BCUT2D eigenvalue weighted by Gasteiger charge is -2.19. The van der Waals surface area contributed by atoms with Gasteiger partial charge in [0, 0.05) is 5.56 Å². The predicted molar refractivity (Wildman–Crippen MR) is 114 cm³/mol. The molecule has 0 saturated carbocycles. The first-order chi connectivity index (χ1) is 14.2. The van der Waals surface area contributed by atoms with Crippen molar-refractivity contribution in [2.24, 2.45) is 0 Å². The fraction of sp³-hybridized carbons (Fsp3) is 0.292. The number of hydrogen-bond acceptors (Lipinski definition) is 5. The molecule has 1 atom stereocenters. The van der Waals surface area contributed by atoms with Gasteiger partial charge in [-0.3, -0.25) is 4.79 Å². The maximum Gasteiger partial charge on any atom is 0.363 e. The third-order valence-corrected chi connectivity index (χ3v) is 4.80. The first-order valence-electron chi connectivity index (χ1n) is 9.75. The smallest absolute Gasteiger partial charge is 0.363 e. The maximum atomic E-state index is 12.7. The van der Waals surface area contributed by atoms with Gasteiger partial charge in [-0.05, 0) is 30.0 Å². The van der Waals surface area contributed by atoms with Crippen LogP contribution in [0.5, 0.6) is 5.75 Å². The lowest BCUT2D eigenvalue weighted by Crippen LogP contribution is -2.25. The van der Waals surface area contributed by atoms with Crippen LogP contribution in [0.1, 0.15) is 54.1 Å². The molecule has 0 bridgehead atoms. The van der Waals surface area contributed by atoms with Crippen LogP contribution >= 0.6 is 0 Å². The summed E-state index contributed by atoms with van der Waals surface area (Å²) in [4.78, 5) is 25.4. The standard InChI is InChI=1S/C24H26N2O4/c1-16(22(27)17-11-13-18(14-12-17)24(2,3)4)30-23(28)21-20(29-5)15-26(25-21)19-9-7-6-8-10-19/h6-16H,1-5H3/t16-/m1/s1. The molecule has 0 unspecified atom stereocenters. The maximum absolute atomic E-state index is 12.7. The van der Waals surface area contributed by atoms with Gasteiger partial charge >= 0.3 is 5.97 Å². The molecule has 156 valence electrons. The van der Waals surface area contributed by atoms with Gasteiger partial charge in [0.25, 0.3) is 0 Å². The predicted octanol–water partition coefficient (Wildman–Crippen LogP) is 4.61. The fourth-order valence-corrected chi connectivity index (χ4v) is 3.00. The van der Waals surface area contributed by atoms with Gasteiger partial charge < -0.3 is 9.47 Å². The van der Waals surface area contributed by atoms with Gasteiger partial charge in [-0.15, -0.1) is 0 Å². The van der Waals surface area contributed by atoms with E-state index in [2.05, 4.69) is 25.9 Å². The van der Waals surface area contributed by atoms with Crippen LogP contribution < -0.4 is 4.74 Å². The summed E-state index contributed by atoms with van der Waals surface area (Å²) in [6, 6.07) is 16.7. The van der Waals surface area contributed by atoms with Crippen molar-refractivity contribution in [3.63, 3.8) is 0 Å². The monoisotopic (exact) mass is 406 g/mol. The molecule has 0 N–H and O–H groups in total. The average Bonchev–Trinajstić information content (AvgIpc) is 3.18. The quantitative estimate of drug-likeness (QED) is 0.442. The lowest BCUT2D eigenvalue weighted by atomic mass is 9.86. The minimum atomic E-state index is -0.954. The number of carbonyl (C=O) groups excluding carboxylic acids is 2. The molecule has 1 heterocycles. The number of benzene rings is 2. The van der Waals surface area contributed by atoms with E-state index >= 15 is 0 Å². The molecule has 6 heteroatoms. The number of hydrogen-bond donors (Lipinski definition) is 0. The van der Waals surface area contributed by atoms with Crippen LogP contribution in [0.4, 0.5) is 0 Å². The molecular formula is C24H26N2O4. The van der Waals surface area contributed by atoms with Crippen molar-refractivity contribution in [3.8, 4) is 11.4 Å². The molecule has 1 aromatic heterocycles. The largest absolute Gasteiger partial charge is 0.493 e. The van der Waals surface area contributed by atoms with E-state index < -0.39 is 12.1 Å². The Bertz CT molecular complexity index is 1030.